The molecule has 0 aliphatic carbocycles. The second-order valence-corrected chi connectivity index (χ2v) is 5.11. The van der Waals surface area contributed by atoms with Crippen LogP contribution in [0.15, 0.2) is 41.5 Å². The fourth-order valence-corrected chi connectivity index (χ4v) is 2.60. The zero-order valence-corrected chi connectivity index (χ0v) is 11.7. The van der Waals surface area contributed by atoms with Gasteiger partial charge in [-0.15, -0.1) is 0 Å². The lowest BCUT2D eigenvalue weighted by molar-refractivity contribution is 0.949. The molecule has 1 aromatic carbocycles. The molecule has 0 unspecified atom stereocenters. The molecule has 0 radical (unpaired) electrons. The summed E-state index contributed by atoms with van der Waals surface area (Å²) in [5.74, 6) is 0. The standard InChI is InChI=1S/C16H18N4O/c17-8-7-14-16(21)19-15(11-18-14)12-3-5-13(6-4-12)20-9-1-2-10-20/h3-8,11H,1-2,9-10,17H2,(H,19,21)/b8-7-. The van der Waals surface area contributed by atoms with Crippen molar-refractivity contribution in [2.24, 2.45) is 5.73 Å². The summed E-state index contributed by atoms with van der Waals surface area (Å²) in [6.07, 6.45) is 6.97. The van der Waals surface area contributed by atoms with Gasteiger partial charge in [0.1, 0.15) is 5.69 Å². The second-order valence-electron chi connectivity index (χ2n) is 5.11. The number of nitrogens with zero attached hydrogens (tertiary/aromatic N) is 2. The van der Waals surface area contributed by atoms with Crippen molar-refractivity contribution in [3.05, 3.63) is 52.7 Å². The number of benzene rings is 1. The number of aromatic nitrogens is 2. The Morgan fingerprint density at radius 3 is 2.52 bits per heavy atom. The molecule has 3 N–H and O–H groups in total. The molecule has 1 aromatic heterocycles. The van der Waals surface area contributed by atoms with Crippen LogP contribution in [-0.2, 0) is 0 Å². The van der Waals surface area contributed by atoms with E-state index in [1.165, 1.54) is 30.8 Å². The Balaban J connectivity index is 1.86. The fraction of sp³-hybridized carbons (Fsp3) is 0.250. The molecular weight excluding hydrogens is 264 g/mol. The van der Waals surface area contributed by atoms with Crippen molar-refractivity contribution < 1.29 is 0 Å². The zero-order valence-electron chi connectivity index (χ0n) is 11.7. The Bertz CT molecular complexity index is 697. The monoisotopic (exact) mass is 282 g/mol. The van der Waals surface area contributed by atoms with Gasteiger partial charge in [0, 0.05) is 18.8 Å². The Labute approximate surface area is 123 Å². The van der Waals surface area contributed by atoms with Crippen LogP contribution in [0.5, 0.6) is 0 Å². The highest BCUT2D eigenvalue weighted by Gasteiger charge is 2.12. The van der Waals surface area contributed by atoms with Crippen LogP contribution < -0.4 is 16.2 Å². The van der Waals surface area contributed by atoms with E-state index in [2.05, 4.69) is 27.0 Å². The Morgan fingerprint density at radius 1 is 1.19 bits per heavy atom. The fourth-order valence-electron chi connectivity index (χ4n) is 2.60. The maximum absolute atomic E-state index is 11.8. The van der Waals surface area contributed by atoms with Gasteiger partial charge in [-0.25, -0.2) is 4.98 Å². The lowest BCUT2D eigenvalue weighted by Crippen LogP contribution is -2.17. The van der Waals surface area contributed by atoms with Gasteiger partial charge in [-0.3, -0.25) is 4.79 Å². The van der Waals surface area contributed by atoms with E-state index in [9.17, 15) is 4.79 Å². The van der Waals surface area contributed by atoms with E-state index in [1.54, 1.807) is 6.20 Å². The number of nitrogens with one attached hydrogen (secondary N) is 1. The summed E-state index contributed by atoms with van der Waals surface area (Å²) in [7, 11) is 0. The molecule has 3 rings (SSSR count). The molecule has 0 amide bonds. The number of anilines is 1. The summed E-state index contributed by atoms with van der Waals surface area (Å²) < 4.78 is 0. The predicted molar refractivity (Wildman–Crippen MR) is 85.0 cm³/mol. The van der Waals surface area contributed by atoms with Crippen molar-refractivity contribution in [3.63, 3.8) is 0 Å². The minimum absolute atomic E-state index is 0.238. The van der Waals surface area contributed by atoms with Gasteiger partial charge in [0.15, 0.2) is 0 Å². The van der Waals surface area contributed by atoms with Gasteiger partial charge in [-0.2, -0.15) is 0 Å². The number of hydrogen-bond acceptors (Lipinski definition) is 4. The summed E-state index contributed by atoms with van der Waals surface area (Å²) in [6, 6.07) is 8.21. The minimum Gasteiger partial charge on any atom is -0.405 e. The third kappa shape index (κ3) is 2.81. The first-order valence-corrected chi connectivity index (χ1v) is 7.11. The first kappa shape index (κ1) is 13.4. The number of nitrogens with two attached hydrogens (primary N) is 1. The minimum atomic E-state index is -0.238. The van der Waals surface area contributed by atoms with Crippen LogP contribution in [0.1, 0.15) is 18.5 Å². The number of aromatic amines is 1. The molecular formula is C16H18N4O. The van der Waals surface area contributed by atoms with E-state index in [0.29, 0.717) is 11.4 Å². The smallest absolute Gasteiger partial charge is 0.274 e. The number of hydrogen-bond donors (Lipinski definition) is 2. The van der Waals surface area contributed by atoms with Crippen molar-refractivity contribution in [2.45, 2.75) is 12.8 Å². The van der Waals surface area contributed by atoms with Crippen LogP contribution in [0.3, 0.4) is 0 Å². The summed E-state index contributed by atoms with van der Waals surface area (Å²) in [5.41, 5.74) is 8.24. The molecule has 1 fully saturated rings. The van der Waals surface area contributed by atoms with Crippen LogP contribution in [0, 0.1) is 0 Å². The zero-order chi connectivity index (χ0) is 14.7. The maximum Gasteiger partial charge on any atom is 0.274 e. The topological polar surface area (TPSA) is 75.0 Å². The maximum atomic E-state index is 11.8. The van der Waals surface area contributed by atoms with Gasteiger partial charge >= 0.3 is 0 Å². The van der Waals surface area contributed by atoms with Crippen LogP contribution >= 0.6 is 0 Å². The average molecular weight is 282 g/mol. The van der Waals surface area contributed by atoms with E-state index in [0.717, 1.165) is 18.7 Å². The average Bonchev–Trinajstić information content (AvgIpc) is 3.04. The molecule has 1 saturated heterocycles. The van der Waals surface area contributed by atoms with Gasteiger partial charge in [0.2, 0.25) is 0 Å². The van der Waals surface area contributed by atoms with Crippen LogP contribution in [0.2, 0.25) is 0 Å². The van der Waals surface area contributed by atoms with E-state index < -0.39 is 0 Å². The molecule has 0 bridgehead atoms. The molecule has 21 heavy (non-hydrogen) atoms. The van der Waals surface area contributed by atoms with Crippen molar-refractivity contribution in [1.82, 2.24) is 9.97 Å². The summed E-state index contributed by atoms with van der Waals surface area (Å²) >= 11 is 0. The SMILES string of the molecule is N/C=C\c1ncc(-c2ccc(N3CCCC3)cc2)[nH]c1=O. The number of H-pyrrole nitrogens is 1. The van der Waals surface area contributed by atoms with Crippen molar-refractivity contribution in [1.29, 1.82) is 0 Å². The largest absolute Gasteiger partial charge is 0.405 e. The van der Waals surface area contributed by atoms with E-state index >= 15 is 0 Å². The first-order chi connectivity index (χ1) is 10.3. The molecule has 0 atom stereocenters. The van der Waals surface area contributed by atoms with Crippen molar-refractivity contribution in [2.75, 3.05) is 18.0 Å². The highest BCUT2D eigenvalue weighted by Crippen LogP contribution is 2.23. The van der Waals surface area contributed by atoms with E-state index in [1.807, 2.05) is 12.1 Å². The van der Waals surface area contributed by atoms with Gasteiger partial charge in [0.25, 0.3) is 5.56 Å². The summed E-state index contributed by atoms with van der Waals surface area (Å²) in [6.45, 7) is 2.25. The molecule has 1 aliphatic heterocycles. The van der Waals surface area contributed by atoms with Crippen LogP contribution in [-0.4, -0.2) is 23.1 Å². The second kappa shape index (κ2) is 5.83. The number of rotatable bonds is 3. The van der Waals surface area contributed by atoms with E-state index in [4.69, 9.17) is 5.73 Å². The molecule has 0 spiro atoms. The highest BCUT2D eigenvalue weighted by atomic mass is 16.1. The highest BCUT2D eigenvalue weighted by molar-refractivity contribution is 5.63. The lowest BCUT2D eigenvalue weighted by Gasteiger charge is -2.17. The Kier molecular flexibility index (Phi) is 3.73. The molecule has 0 saturated carbocycles. The Hall–Kier alpha value is -2.56. The summed E-state index contributed by atoms with van der Waals surface area (Å²) in [4.78, 5) is 21.2. The molecule has 2 heterocycles. The van der Waals surface area contributed by atoms with Gasteiger partial charge in [-0.1, -0.05) is 12.1 Å². The third-order valence-corrected chi connectivity index (χ3v) is 3.72. The molecule has 5 nitrogen and oxygen atoms in total. The quantitative estimate of drug-likeness (QED) is 0.902. The van der Waals surface area contributed by atoms with Crippen LogP contribution in [0.4, 0.5) is 5.69 Å². The molecule has 2 aromatic rings. The third-order valence-electron chi connectivity index (χ3n) is 3.72. The van der Waals surface area contributed by atoms with Gasteiger partial charge in [-0.05, 0) is 42.8 Å². The molecule has 5 heteroatoms. The molecule has 1 aliphatic rings. The predicted octanol–water partition coefficient (Wildman–Crippen LogP) is 1.97. The van der Waals surface area contributed by atoms with Crippen molar-refractivity contribution in [3.8, 4) is 11.3 Å². The van der Waals surface area contributed by atoms with Crippen LogP contribution in [0.25, 0.3) is 17.3 Å². The Morgan fingerprint density at radius 2 is 1.90 bits per heavy atom. The van der Waals surface area contributed by atoms with Gasteiger partial charge in [0.05, 0.1) is 11.9 Å². The van der Waals surface area contributed by atoms with E-state index in [-0.39, 0.29) is 5.56 Å². The lowest BCUT2D eigenvalue weighted by atomic mass is 10.1. The molecule has 108 valence electrons. The summed E-state index contributed by atoms with van der Waals surface area (Å²) in [5, 5.41) is 0. The van der Waals surface area contributed by atoms with Crippen molar-refractivity contribution >= 4 is 11.8 Å². The normalized spacial score (nSPS) is 15.0. The van der Waals surface area contributed by atoms with Gasteiger partial charge < -0.3 is 15.6 Å². The first-order valence-electron chi connectivity index (χ1n) is 7.11.